The number of fused-ring (bicyclic) bond motifs is 1. The smallest absolute Gasteiger partial charge is 0.224 e. The lowest BCUT2D eigenvalue weighted by Crippen LogP contribution is -2.18. The van der Waals surface area contributed by atoms with Crippen LogP contribution >= 0.6 is 0 Å². The van der Waals surface area contributed by atoms with E-state index in [0.717, 1.165) is 22.9 Å². The van der Waals surface area contributed by atoms with Gasteiger partial charge >= 0.3 is 0 Å². The number of hydrogen-bond donors (Lipinski definition) is 1. The van der Waals surface area contributed by atoms with Gasteiger partial charge in [-0.1, -0.05) is 31.2 Å². The van der Waals surface area contributed by atoms with Gasteiger partial charge in [-0.3, -0.25) is 9.78 Å². The average molecular weight is 258 g/mol. The van der Waals surface area contributed by atoms with E-state index in [9.17, 15) is 4.79 Å². The maximum absolute atomic E-state index is 11.1. The predicted octanol–water partition coefficient (Wildman–Crippen LogP) is 3.65. The first-order chi connectivity index (χ1) is 9.11. The number of nitrogens with two attached hydrogens (primary N) is 1. The second-order valence-electron chi connectivity index (χ2n) is 4.24. The molecule has 3 heteroatoms. The summed E-state index contributed by atoms with van der Waals surface area (Å²) in [4.78, 5) is 15.4. The number of amides is 1. The largest absolute Gasteiger partial charge is 0.369 e. The van der Waals surface area contributed by atoms with Crippen molar-refractivity contribution in [3.8, 4) is 0 Å². The van der Waals surface area contributed by atoms with Gasteiger partial charge in [-0.25, -0.2) is 0 Å². The van der Waals surface area contributed by atoms with Crippen LogP contribution in [0.1, 0.15) is 33.2 Å². The Hall–Kier alpha value is -2.16. The number of allylic oxidation sites excluding steroid dienone is 1. The fourth-order valence-corrected chi connectivity index (χ4v) is 1.66. The molecule has 0 saturated heterocycles. The Bertz CT molecular complexity index is 564. The van der Waals surface area contributed by atoms with Crippen LogP contribution in [0.25, 0.3) is 10.9 Å². The molecule has 0 saturated carbocycles. The number of primary amides is 1. The first kappa shape index (κ1) is 14.9. The highest BCUT2D eigenvalue weighted by atomic mass is 16.1. The Morgan fingerprint density at radius 2 is 2.16 bits per heavy atom. The van der Waals surface area contributed by atoms with Gasteiger partial charge in [-0.05, 0) is 31.0 Å². The van der Waals surface area contributed by atoms with Crippen molar-refractivity contribution in [1.82, 2.24) is 4.98 Å². The standard InChI is InChI=1S/C12H12N2O.C4H8.H2/c1-8(12(13)15)9-4-2-6-11-10(9)5-3-7-14-11;1-3-4-2;/h2-8H,1H3,(H2,13,15);3H,1,4H2,2H3;1H. The molecule has 1 amide bonds. The van der Waals surface area contributed by atoms with Gasteiger partial charge in [-0.2, -0.15) is 0 Å². The summed E-state index contributed by atoms with van der Waals surface area (Å²) in [6.07, 6.45) is 4.70. The number of carbonyl (C=O) groups is 1. The maximum Gasteiger partial charge on any atom is 0.224 e. The lowest BCUT2D eigenvalue weighted by Gasteiger charge is -2.10. The number of hydrogen-bond acceptors (Lipinski definition) is 2. The monoisotopic (exact) mass is 258 g/mol. The van der Waals surface area contributed by atoms with E-state index in [0.29, 0.717) is 0 Å². The summed E-state index contributed by atoms with van der Waals surface area (Å²) < 4.78 is 0. The molecule has 1 unspecified atom stereocenters. The third kappa shape index (κ3) is 3.91. The van der Waals surface area contributed by atoms with E-state index in [-0.39, 0.29) is 13.3 Å². The van der Waals surface area contributed by atoms with Gasteiger partial charge in [0.1, 0.15) is 0 Å². The molecule has 1 aromatic heterocycles. The van der Waals surface area contributed by atoms with E-state index in [1.54, 1.807) is 6.20 Å². The average Bonchev–Trinajstić information content (AvgIpc) is 2.46. The SMILES string of the molecule is C=CCC.CC(C(N)=O)c1cccc2ncccc12.[HH]. The zero-order valence-corrected chi connectivity index (χ0v) is 11.5. The van der Waals surface area contributed by atoms with Crippen molar-refractivity contribution in [3.05, 3.63) is 54.7 Å². The van der Waals surface area contributed by atoms with Gasteiger partial charge in [0.15, 0.2) is 0 Å². The van der Waals surface area contributed by atoms with E-state index in [4.69, 9.17) is 5.73 Å². The van der Waals surface area contributed by atoms with Crippen LogP contribution < -0.4 is 5.73 Å². The van der Waals surface area contributed by atoms with Gasteiger partial charge in [0.25, 0.3) is 0 Å². The molecule has 0 fully saturated rings. The molecule has 1 heterocycles. The van der Waals surface area contributed by atoms with Crippen molar-refractivity contribution < 1.29 is 6.22 Å². The molecular formula is C16H22N2O. The molecule has 0 bridgehead atoms. The Balaban J connectivity index is 0.000000644. The molecule has 3 nitrogen and oxygen atoms in total. The van der Waals surface area contributed by atoms with Gasteiger partial charge in [-0.15, -0.1) is 6.58 Å². The first-order valence-corrected chi connectivity index (χ1v) is 6.35. The Morgan fingerprint density at radius 1 is 1.47 bits per heavy atom. The minimum Gasteiger partial charge on any atom is -0.369 e. The van der Waals surface area contributed by atoms with Crippen molar-refractivity contribution in [2.45, 2.75) is 26.2 Å². The second kappa shape index (κ2) is 7.31. The molecular weight excluding hydrogens is 236 g/mol. The van der Waals surface area contributed by atoms with Crippen LogP contribution in [-0.2, 0) is 4.79 Å². The van der Waals surface area contributed by atoms with Crippen molar-refractivity contribution in [3.63, 3.8) is 0 Å². The number of rotatable bonds is 3. The van der Waals surface area contributed by atoms with Gasteiger partial charge in [0.2, 0.25) is 5.91 Å². The van der Waals surface area contributed by atoms with E-state index in [2.05, 4.69) is 18.5 Å². The summed E-state index contributed by atoms with van der Waals surface area (Å²) in [5, 5.41) is 0.992. The third-order valence-corrected chi connectivity index (χ3v) is 2.86. The number of aromatic nitrogens is 1. The lowest BCUT2D eigenvalue weighted by atomic mass is 9.96. The zero-order chi connectivity index (χ0) is 14.3. The Kier molecular flexibility index (Phi) is 5.73. The number of benzene rings is 1. The molecule has 0 aliphatic heterocycles. The summed E-state index contributed by atoms with van der Waals surface area (Å²) in [7, 11) is 0. The van der Waals surface area contributed by atoms with Crippen LogP contribution in [0.3, 0.4) is 0 Å². The molecule has 0 spiro atoms. The fraction of sp³-hybridized carbons (Fsp3) is 0.250. The molecule has 19 heavy (non-hydrogen) atoms. The zero-order valence-electron chi connectivity index (χ0n) is 11.5. The fourth-order valence-electron chi connectivity index (χ4n) is 1.66. The molecule has 2 aromatic rings. The minimum absolute atomic E-state index is 0. The van der Waals surface area contributed by atoms with Crippen molar-refractivity contribution in [2.24, 2.45) is 5.73 Å². The normalized spacial score (nSPS) is 11.3. The van der Waals surface area contributed by atoms with Crippen LogP contribution in [0, 0.1) is 0 Å². The Labute approximate surface area is 115 Å². The van der Waals surface area contributed by atoms with Crippen LogP contribution in [0.2, 0.25) is 0 Å². The van der Waals surface area contributed by atoms with Gasteiger partial charge in [0.05, 0.1) is 11.4 Å². The summed E-state index contributed by atoms with van der Waals surface area (Å²) >= 11 is 0. The summed E-state index contributed by atoms with van der Waals surface area (Å²) in [6, 6.07) is 9.55. The maximum atomic E-state index is 11.1. The molecule has 1 atom stereocenters. The number of nitrogens with zero attached hydrogens (tertiary/aromatic N) is 1. The van der Waals surface area contributed by atoms with Crippen LogP contribution in [0.4, 0.5) is 0 Å². The highest BCUT2D eigenvalue weighted by Crippen LogP contribution is 2.23. The van der Waals surface area contributed by atoms with Crippen LogP contribution in [0.5, 0.6) is 0 Å². The van der Waals surface area contributed by atoms with Crippen molar-refractivity contribution in [1.29, 1.82) is 0 Å². The van der Waals surface area contributed by atoms with Crippen molar-refractivity contribution >= 4 is 16.8 Å². The first-order valence-electron chi connectivity index (χ1n) is 6.35. The Morgan fingerprint density at radius 3 is 2.74 bits per heavy atom. The molecule has 2 N–H and O–H groups in total. The van der Waals surface area contributed by atoms with Crippen LogP contribution in [0.15, 0.2) is 49.2 Å². The van der Waals surface area contributed by atoms with E-state index in [1.807, 2.05) is 43.3 Å². The topological polar surface area (TPSA) is 56.0 Å². The molecule has 2 rings (SSSR count). The van der Waals surface area contributed by atoms with E-state index < -0.39 is 0 Å². The van der Waals surface area contributed by atoms with Crippen molar-refractivity contribution in [2.75, 3.05) is 0 Å². The molecule has 0 aliphatic carbocycles. The van der Waals surface area contributed by atoms with Crippen LogP contribution in [-0.4, -0.2) is 10.9 Å². The van der Waals surface area contributed by atoms with Gasteiger partial charge < -0.3 is 5.73 Å². The molecule has 0 radical (unpaired) electrons. The number of pyridine rings is 1. The summed E-state index contributed by atoms with van der Waals surface area (Å²) in [6.45, 7) is 7.35. The molecule has 0 aliphatic rings. The summed E-state index contributed by atoms with van der Waals surface area (Å²) in [5.41, 5.74) is 7.13. The lowest BCUT2D eigenvalue weighted by molar-refractivity contribution is -0.119. The highest BCUT2D eigenvalue weighted by molar-refractivity contribution is 5.90. The number of carbonyl (C=O) groups excluding carboxylic acids is 1. The van der Waals surface area contributed by atoms with E-state index in [1.165, 1.54) is 0 Å². The predicted molar refractivity (Wildman–Crippen MR) is 82.0 cm³/mol. The van der Waals surface area contributed by atoms with E-state index >= 15 is 0 Å². The van der Waals surface area contributed by atoms with Gasteiger partial charge in [0, 0.05) is 13.0 Å². The minimum atomic E-state index is -0.314. The molecule has 102 valence electrons. The molecule has 1 aromatic carbocycles. The second-order valence-corrected chi connectivity index (χ2v) is 4.24. The third-order valence-electron chi connectivity index (χ3n) is 2.86. The summed E-state index contributed by atoms with van der Waals surface area (Å²) in [5.74, 6) is -0.593. The quantitative estimate of drug-likeness (QED) is 0.854. The highest BCUT2D eigenvalue weighted by Gasteiger charge is 2.14.